The molecule has 0 spiro atoms. The molecule has 158 valence electrons. The van der Waals surface area contributed by atoms with Gasteiger partial charge >= 0.3 is 0 Å². The van der Waals surface area contributed by atoms with Gasteiger partial charge < -0.3 is 25.8 Å². The molecule has 0 aliphatic carbocycles. The van der Waals surface area contributed by atoms with Crippen LogP contribution in [-0.2, 0) is 9.59 Å². The van der Waals surface area contributed by atoms with E-state index in [0.29, 0.717) is 21.6 Å². The van der Waals surface area contributed by atoms with E-state index in [0.717, 1.165) is 17.3 Å². The number of methoxy groups -OCH3 is 1. The standard InChI is InChI=1S/C19H18ClN4O5S/c1-10-7-11(20)3-5-13(10)22-19-23-18(26)16(30-19)9-17(25)21-14-6-4-12(29-2)8-15(14)24(27)28/h3-8,16,27H,9H2,1-2H3,(H,21,25)(H,22,23,26)/q-1. The van der Waals surface area contributed by atoms with Gasteiger partial charge in [-0.2, -0.15) is 0 Å². The molecule has 0 saturated carbocycles. The van der Waals surface area contributed by atoms with Gasteiger partial charge in [0.15, 0.2) is 5.17 Å². The number of halogens is 1. The molecule has 0 aromatic heterocycles. The van der Waals surface area contributed by atoms with E-state index in [4.69, 9.17) is 16.3 Å². The van der Waals surface area contributed by atoms with Crippen LogP contribution in [0.25, 0.3) is 0 Å². The lowest BCUT2D eigenvalue weighted by Crippen LogP contribution is -2.28. The number of thioether (sulfide) groups is 1. The van der Waals surface area contributed by atoms with Crippen LogP contribution in [0.1, 0.15) is 12.0 Å². The predicted octanol–water partition coefficient (Wildman–Crippen LogP) is 3.60. The van der Waals surface area contributed by atoms with Crippen LogP contribution in [0.4, 0.5) is 17.1 Å². The summed E-state index contributed by atoms with van der Waals surface area (Å²) in [5.41, 5.74) is 1.41. The second kappa shape index (κ2) is 9.35. The van der Waals surface area contributed by atoms with Crippen LogP contribution in [0.3, 0.4) is 0 Å². The number of benzene rings is 2. The number of hydrogen-bond acceptors (Lipinski definition) is 8. The Morgan fingerprint density at radius 3 is 2.83 bits per heavy atom. The molecule has 1 fully saturated rings. The summed E-state index contributed by atoms with van der Waals surface area (Å²) in [6.45, 7) is 1.85. The van der Waals surface area contributed by atoms with Crippen LogP contribution in [0.5, 0.6) is 5.75 Å². The summed E-state index contributed by atoms with van der Waals surface area (Å²) in [4.78, 5) is 29.0. The Morgan fingerprint density at radius 2 is 2.17 bits per heavy atom. The van der Waals surface area contributed by atoms with Crippen LogP contribution >= 0.6 is 23.4 Å². The molecular formula is C19H18ClN4O5S-. The number of aryl methyl sites for hydroxylation is 1. The van der Waals surface area contributed by atoms with Gasteiger partial charge in [0, 0.05) is 17.5 Å². The van der Waals surface area contributed by atoms with Gasteiger partial charge in [-0.1, -0.05) is 23.4 Å². The molecule has 1 aliphatic heterocycles. The summed E-state index contributed by atoms with van der Waals surface area (Å²) >= 11 is 7.07. The van der Waals surface area contributed by atoms with Gasteiger partial charge in [0.1, 0.15) is 11.0 Å². The summed E-state index contributed by atoms with van der Waals surface area (Å²) in [7, 11) is 1.41. The highest BCUT2D eigenvalue weighted by Gasteiger charge is 2.32. The molecule has 0 bridgehead atoms. The molecule has 3 rings (SSSR count). The average Bonchev–Trinajstić information content (AvgIpc) is 3.03. The maximum atomic E-state index is 12.4. The lowest BCUT2D eigenvalue weighted by Gasteiger charge is -2.25. The Kier molecular flexibility index (Phi) is 6.83. The maximum Gasteiger partial charge on any atom is 0.240 e. The SMILES string of the molecule is COc1ccc(NC(=O)CC2SC(=Nc3ccc(Cl)cc3C)NC2=O)c(N([O-])O)c1. The summed E-state index contributed by atoms with van der Waals surface area (Å²) in [6, 6.07) is 9.43. The van der Waals surface area contributed by atoms with Crippen LogP contribution in [0.2, 0.25) is 5.02 Å². The van der Waals surface area contributed by atoms with Crippen LogP contribution in [0.15, 0.2) is 41.4 Å². The van der Waals surface area contributed by atoms with Crippen molar-refractivity contribution in [1.82, 2.24) is 5.32 Å². The van der Waals surface area contributed by atoms with E-state index >= 15 is 0 Å². The first-order chi connectivity index (χ1) is 14.3. The number of nitrogens with one attached hydrogen (secondary N) is 2. The Bertz CT molecular complexity index is 1010. The summed E-state index contributed by atoms with van der Waals surface area (Å²) in [5.74, 6) is -0.509. The number of amides is 2. The third-order valence-electron chi connectivity index (χ3n) is 4.21. The van der Waals surface area contributed by atoms with Crippen molar-refractivity contribution in [3.05, 3.63) is 52.2 Å². The average molecular weight is 450 g/mol. The Hall–Kier alpha value is -2.79. The zero-order valence-electron chi connectivity index (χ0n) is 16.0. The zero-order chi connectivity index (χ0) is 21.8. The second-order valence-corrected chi connectivity index (χ2v) is 7.98. The van der Waals surface area contributed by atoms with Gasteiger partial charge in [0.05, 0.1) is 24.2 Å². The molecule has 1 heterocycles. The van der Waals surface area contributed by atoms with Crippen molar-refractivity contribution < 1.29 is 19.5 Å². The normalized spacial score (nSPS) is 17.0. The van der Waals surface area contributed by atoms with Gasteiger partial charge in [-0.05, 0) is 42.8 Å². The van der Waals surface area contributed by atoms with Crippen LogP contribution < -0.4 is 20.6 Å². The number of hydrogen-bond donors (Lipinski definition) is 3. The third kappa shape index (κ3) is 5.22. The topological polar surface area (TPSA) is 126 Å². The molecule has 30 heavy (non-hydrogen) atoms. The van der Waals surface area contributed by atoms with Crippen molar-refractivity contribution in [3.8, 4) is 5.75 Å². The Balaban J connectivity index is 1.68. The minimum atomic E-state index is -0.685. The van der Waals surface area contributed by atoms with E-state index in [9.17, 15) is 20.0 Å². The molecule has 9 nitrogen and oxygen atoms in total. The van der Waals surface area contributed by atoms with Gasteiger partial charge in [-0.15, -0.1) is 0 Å². The van der Waals surface area contributed by atoms with E-state index in [1.165, 1.54) is 25.3 Å². The lowest BCUT2D eigenvalue weighted by molar-refractivity contribution is -0.122. The highest BCUT2D eigenvalue weighted by atomic mass is 35.5. The minimum Gasteiger partial charge on any atom is -0.733 e. The first kappa shape index (κ1) is 21.9. The van der Waals surface area contributed by atoms with E-state index < -0.39 is 11.2 Å². The molecule has 11 heteroatoms. The van der Waals surface area contributed by atoms with Crippen LogP contribution in [0, 0.1) is 12.1 Å². The van der Waals surface area contributed by atoms with E-state index in [1.54, 1.807) is 18.2 Å². The Labute approximate surface area is 181 Å². The lowest BCUT2D eigenvalue weighted by atomic mass is 10.2. The van der Waals surface area contributed by atoms with E-state index in [2.05, 4.69) is 15.6 Å². The predicted molar refractivity (Wildman–Crippen MR) is 117 cm³/mol. The molecule has 2 aromatic carbocycles. The second-order valence-electron chi connectivity index (χ2n) is 6.35. The molecular weight excluding hydrogens is 432 g/mol. The van der Waals surface area contributed by atoms with Gasteiger partial charge in [-0.25, -0.2) is 4.99 Å². The summed E-state index contributed by atoms with van der Waals surface area (Å²) in [6.07, 6.45) is -0.148. The fraction of sp³-hybridized carbons (Fsp3) is 0.211. The Morgan fingerprint density at radius 1 is 1.40 bits per heavy atom. The van der Waals surface area contributed by atoms with Gasteiger partial charge in [0.2, 0.25) is 11.8 Å². The fourth-order valence-corrected chi connectivity index (χ4v) is 3.93. The first-order valence-electron chi connectivity index (χ1n) is 8.73. The van der Waals surface area contributed by atoms with Crippen molar-refractivity contribution >= 4 is 57.4 Å². The van der Waals surface area contributed by atoms with E-state index in [-0.39, 0.29) is 28.9 Å². The van der Waals surface area contributed by atoms with E-state index in [1.807, 2.05) is 6.92 Å². The number of aliphatic imine (C=N–C) groups is 1. The highest BCUT2D eigenvalue weighted by Crippen LogP contribution is 2.31. The number of anilines is 2. The largest absolute Gasteiger partial charge is 0.733 e. The zero-order valence-corrected chi connectivity index (χ0v) is 17.6. The molecule has 1 saturated heterocycles. The van der Waals surface area contributed by atoms with Crippen molar-refractivity contribution in [1.29, 1.82) is 0 Å². The fourth-order valence-electron chi connectivity index (χ4n) is 2.72. The summed E-state index contributed by atoms with van der Waals surface area (Å²) < 4.78 is 5.00. The summed E-state index contributed by atoms with van der Waals surface area (Å²) in [5, 5.41) is 25.7. The molecule has 0 radical (unpaired) electrons. The molecule has 1 unspecified atom stereocenters. The molecule has 1 aliphatic rings. The smallest absolute Gasteiger partial charge is 0.240 e. The highest BCUT2D eigenvalue weighted by molar-refractivity contribution is 8.15. The molecule has 2 amide bonds. The van der Waals surface area contributed by atoms with Gasteiger partial charge in [-0.3, -0.25) is 14.8 Å². The quantitative estimate of drug-likeness (QED) is 0.575. The van der Waals surface area contributed by atoms with Gasteiger partial charge in [0.25, 0.3) is 0 Å². The monoisotopic (exact) mass is 449 g/mol. The van der Waals surface area contributed by atoms with Crippen molar-refractivity contribution in [2.75, 3.05) is 17.7 Å². The number of nitrogens with zero attached hydrogens (tertiary/aromatic N) is 2. The number of rotatable bonds is 6. The number of carbonyl (C=O) groups is 2. The van der Waals surface area contributed by atoms with Crippen molar-refractivity contribution in [2.45, 2.75) is 18.6 Å². The molecule has 3 N–H and O–H groups in total. The first-order valence-corrected chi connectivity index (χ1v) is 9.99. The van der Waals surface area contributed by atoms with Crippen molar-refractivity contribution in [3.63, 3.8) is 0 Å². The maximum absolute atomic E-state index is 12.4. The number of ether oxygens (including phenoxy) is 1. The van der Waals surface area contributed by atoms with Crippen LogP contribution in [-0.4, -0.2) is 34.5 Å². The molecule has 1 atom stereocenters. The number of carbonyl (C=O) groups excluding carboxylic acids is 2. The minimum absolute atomic E-state index is 0.0902. The third-order valence-corrected chi connectivity index (χ3v) is 5.53. The van der Waals surface area contributed by atoms with Crippen molar-refractivity contribution in [2.24, 2.45) is 4.99 Å². The number of amidine groups is 1. The molecule has 2 aromatic rings.